The fourth-order valence-corrected chi connectivity index (χ4v) is 5.45. The molecule has 0 heterocycles. The molecule has 0 aromatic heterocycles. The zero-order valence-electron chi connectivity index (χ0n) is 22.8. The van der Waals surface area contributed by atoms with Crippen molar-refractivity contribution < 1.29 is 49.5 Å². The Labute approximate surface area is 275 Å². The Balaban J connectivity index is 1.67. The lowest BCUT2D eigenvalue weighted by atomic mass is 10.0. The quantitative estimate of drug-likeness (QED) is 0.124. The highest BCUT2D eigenvalue weighted by Crippen LogP contribution is 2.65. The summed E-state index contributed by atoms with van der Waals surface area (Å²) in [5.41, 5.74) is -6.82. The van der Waals surface area contributed by atoms with E-state index in [0.29, 0.717) is 12.1 Å². The number of hydrogen-bond donors (Lipinski definition) is 3. The first-order valence-corrected chi connectivity index (χ1v) is 14.7. The smallest absolute Gasteiger partial charge is 0.326 e. The molecule has 2 aromatic rings. The molecule has 0 unspecified atom stereocenters. The highest BCUT2D eigenvalue weighted by Gasteiger charge is 2.67. The minimum Gasteiger partial charge on any atom is -0.326 e. The Hall–Kier alpha value is -3.27. The van der Waals surface area contributed by atoms with Crippen LogP contribution in [-0.4, -0.2) is 40.0 Å². The van der Waals surface area contributed by atoms with Gasteiger partial charge in [0.1, 0.15) is 16.8 Å². The third kappa shape index (κ3) is 9.86. The molecule has 0 radical (unpaired) electrons. The van der Waals surface area contributed by atoms with E-state index in [9.17, 15) is 49.5 Å². The average molecular weight is 737 g/mol. The minimum absolute atomic E-state index is 0.0122. The Bertz CT molecular complexity index is 1600. The number of carbonyl (C=O) groups is 3. The van der Waals surface area contributed by atoms with E-state index in [1.165, 1.54) is 12.1 Å². The van der Waals surface area contributed by atoms with Gasteiger partial charge in [-0.1, -0.05) is 24.2 Å². The number of nitrogens with one attached hydrogen (secondary N) is 3. The molecule has 3 rings (SSSR count). The summed E-state index contributed by atoms with van der Waals surface area (Å²) in [5, 5.41) is 6.79. The molecular weight excluding hydrogens is 717 g/mol. The third-order valence-corrected chi connectivity index (χ3v) is 8.16. The van der Waals surface area contributed by atoms with Crippen LogP contribution >= 0.6 is 46.6 Å². The molecule has 0 aliphatic heterocycles. The first-order chi connectivity index (χ1) is 21.2. The zero-order valence-corrected chi connectivity index (χ0v) is 25.8. The largest absolute Gasteiger partial charge is 0.442 e. The molecule has 0 bridgehead atoms. The van der Waals surface area contributed by atoms with Crippen molar-refractivity contribution in [2.45, 2.75) is 21.9 Å². The number of anilines is 1. The van der Waals surface area contributed by atoms with Crippen molar-refractivity contribution in [2.75, 3.05) is 17.7 Å². The second kappa shape index (κ2) is 14.7. The monoisotopic (exact) mass is 735 g/mol. The van der Waals surface area contributed by atoms with Gasteiger partial charge in [-0.3, -0.25) is 14.4 Å². The number of hydrogen-bond acceptors (Lipinski definition) is 4. The van der Waals surface area contributed by atoms with Crippen LogP contribution in [-0.2, 0) is 15.8 Å². The van der Waals surface area contributed by atoms with Gasteiger partial charge in [-0.2, -0.15) is 26.3 Å². The second-order valence-electron chi connectivity index (χ2n) is 9.46. The van der Waals surface area contributed by atoms with Gasteiger partial charge in [0.2, 0.25) is 11.8 Å². The van der Waals surface area contributed by atoms with Crippen LogP contribution in [0.5, 0.6) is 0 Å². The topological polar surface area (TPSA) is 87.3 Å². The fraction of sp³-hybridized carbons (Fsp3) is 0.250. The second-order valence-corrected chi connectivity index (χ2v) is 12.4. The van der Waals surface area contributed by atoms with Crippen molar-refractivity contribution >= 4 is 70.0 Å². The van der Waals surface area contributed by atoms with Gasteiger partial charge >= 0.3 is 11.7 Å². The minimum atomic E-state index is -5.00. The van der Waals surface area contributed by atoms with Crippen molar-refractivity contribution in [1.82, 2.24) is 10.6 Å². The lowest BCUT2D eigenvalue weighted by Crippen LogP contribution is -2.26. The summed E-state index contributed by atoms with van der Waals surface area (Å²) in [5.74, 6) is -7.60. The predicted octanol–water partition coefficient (Wildman–Crippen LogP) is 8.05. The van der Waals surface area contributed by atoms with Crippen LogP contribution < -0.4 is 16.0 Å². The van der Waals surface area contributed by atoms with E-state index in [2.05, 4.69) is 22.5 Å². The van der Waals surface area contributed by atoms with Crippen molar-refractivity contribution in [1.29, 1.82) is 0 Å². The number of thioether (sulfide) groups is 1. The van der Waals surface area contributed by atoms with Crippen LogP contribution in [0.3, 0.4) is 0 Å². The van der Waals surface area contributed by atoms with E-state index in [1.54, 1.807) is 0 Å². The van der Waals surface area contributed by atoms with Crippen LogP contribution in [0.1, 0.15) is 27.4 Å². The van der Waals surface area contributed by atoms with Crippen molar-refractivity contribution in [3.63, 3.8) is 0 Å². The maximum Gasteiger partial charge on any atom is 0.442 e. The molecular formula is C28H20Cl3F8N3O3S. The average Bonchev–Trinajstić information content (AvgIpc) is 3.52. The Morgan fingerprint density at radius 2 is 1.67 bits per heavy atom. The number of rotatable bonds is 11. The van der Waals surface area contributed by atoms with Gasteiger partial charge in [0.05, 0.1) is 27.8 Å². The van der Waals surface area contributed by atoms with Crippen LogP contribution in [0.4, 0.5) is 40.8 Å². The van der Waals surface area contributed by atoms with Gasteiger partial charge in [0, 0.05) is 23.0 Å². The van der Waals surface area contributed by atoms with Crippen LogP contribution in [0.15, 0.2) is 72.6 Å². The summed E-state index contributed by atoms with van der Waals surface area (Å²) in [6.07, 6.45) is -1.95. The number of carbonyl (C=O) groups excluding carboxylic acids is 3. The molecule has 0 saturated heterocycles. The first kappa shape index (κ1) is 37.2. The molecule has 3 amide bonds. The molecule has 1 aliphatic rings. The third-order valence-electron chi connectivity index (χ3n) is 6.16. The molecule has 248 valence electrons. The normalized spacial score (nSPS) is 17.8. The van der Waals surface area contributed by atoms with Crippen molar-refractivity contribution in [2.24, 2.45) is 5.92 Å². The van der Waals surface area contributed by atoms with Crippen LogP contribution in [0.25, 0.3) is 0 Å². The molecule has 3 N–H and O–H groups in total. The van der Waals surface area contributed by atoms with E-state index >= 15 is 0 Å². The van der Waals surface area contributed by atoms with Crippen LogP contribution in [0, 0.1) is 11.7 Å². The Morgan fingerprint density at radius 3 is 2.28 bits per heavy atom. The van der Waals surface area contributed by atoms with Gasteiger partial charge in [-0.05, 0) is 65.9 Å². The Morgan fingerprint density at radius 1 is 1.00 bits per heavy atom. The van der Waals surface area contributed by atoms with Crippen molar-refractivity contribution in [3.8, 4) is 0 Å². The molecule has 2 atom stereocenters. The van der Waals surface area contributed by atoms with E-state index in [4.69, 9.17) is 34.8 Å². The van der Waals surface area contributed by atoms with E-state index in [1.807, 2.05) is 0 Å². The number of benzene rings is 2. The standard InChI is InChI=1S/C28H20Cl3F8N3O3S/c1-13(2-4-15(8-9-32)41-21(43)12-46-28(37,38)39)40-24(44)17-11-16(5-6-19(17)29)42-25(45)23-22(26(23,30)31)14-3-7-20(33)18(10-14)27(34,35)36/h2-8,10-11,22-23H,1,9,12H2,(H,40,44)(H,41,43)(H,42,45)/b4-2-,15-8+/t22-,23+/m0/s1. The summed E-state index contributed by atoms with van der Waals surface area (Å²) < 4.78 is 101. The SMILES string of the molecule is C=C(/C=C\C(=C/CF)NC(=O)CSC(F)(F)F)NC(=O)c1cc(NC(=O)[C@H]2[C@H](c3ccc(F)c(C(F)(F)F)c3)C2(Cl)Cl)ccc1Cl. The molecule has 0 spiro atoms. The summed E-state index contributed by atoms with van der Waals surface area (Å²) in [4.78, 5) is 37.6. The molecule has 46 heavy (non-hydrogen) atoms. The maximum absolute atomic E-state index is 13.7. The molecule has 1 aliphatic carbocycles. The van der Waals surface area contributed by atoms with Gasteiger partial charge in [-0.15, -0.1) is 23.2 Å². The van der Waals surface area contributed by atoms with Gasteiger partial charge < -0.3 is 16.0 Å². The lowest BCUT2D eigenvalue weighted by molar-refractivity contribution is -0.140. The molecule has 6 nitrogen and oxygen atoms in total. The summed E-state index contributed by atoms with van der Waals surface area (Å²) >= 11 is 17.9. The number of halogens is 11. The number of alkyl halides is 9. The predicted molar refractivity (Wildman–Crippen MR) is 159 cm³/mol. The molecule has 2 aromatic carbocycles. The fourth-order valence-electron chi connectivity index (χ4n) is 4.05. The molecule has 18 heteroatoms. The highest BCUT2D eigenvalue weighted by atomic mass is 35.5. The lowest BCUT2D eigenvalue weighted by Gasteiger charge is -2.11. The van der Waals surface area contributed by atoms with Gasteiger partial charge in [0.15, 0.2) is 0 Å². The van der Waals surface area contributed by atoms with E-state index in [-0.39, 0.29) is 33.2 Å². The van der Waals surface area contributed by atoms with Gasteiger partial charge in [0.25, 0.3) is 5.91 Å². The van der Waals surface area contributed by atoms with Crippen LogP contribution in [0.2, 0.25) is 5.02 Å². The number of allylic oxidation sites excluding steroid dienone is 3. The summed E-state index contributed by atoms with van der Waals surface area (Å²) in [7, 11) is 0. The number of amides is 3. The zero-order chi connectivity index (χ0) is 34.6. The van der Waals surface area contributed by atoms with Crippen molar-refractivity contribution in [3.05, 3.63) is 100 Å². The summed E-state index contributed by atoms with van der Waals surface area (Å²) in [6, 6.07) is 5.85. The molecule has 1 saturated carbocycles. The van der Waals surface area contributed by atoms with Gasteiger partial charge in [-0.25, -0.2) is 8.78 Å². The van der Waals surface area contributed by atoms with E-state index in [0.717, 1.165) is 30.4 Å². The summed E-state index contributed by atoms with van der Waals surface area (Å²) in [6.45, 7) is 2.50. The first-order valence-electron chi connectivity index (χ1n) is 12.5. The highest BCUT2D eigenvalue weighted by molar-refractivity contribution is 8.00. The Kier molecular flexibility index (Phi) is 11.8. The molecule has 1 fully saturated rings. The van der Waals surface area contributed by atoms with E-state index < -0.39 is 81.1 Å². The maximum atomic E-state index is 13.7.